The van der Waals surface area contributed by atoms with E-state index in [9.17, 15) is 43.2 Å². The molecule has 348 valence electrons. The smallest absolute Gasteiger partial charge is 0.419 e. The second kappa shape index (κ2) is 17.5. The van der Waals surface area contributed by atoms with E-state index in [1.807, 2.05) is 13.8 Å². The van der Waals surface area contributed by atoms with Gasteiger partial charge in [-0.05, 0) is 103 Å². The first-order valence-corrected chi connectivity index (χ1v) is 24.4. The Balaban J connectivity index is 1.08. The van der Waals surface area contributed by atoms with E-state index in [0.29, 0.717) is 33.9 Å². The summed E-state index contributed by atoms with van der Waals surface area (Å²) < 4.78 is 153. The van der Waals surface area contributed by atoms with Crippen LogP contribution in [0.25, 0.3) is 33.8 Å². The molecule has 10 nitrogen and oxygen atoms in total. The molecule has 0 amide bonds. The molecule has 0 fully saturated rings. The van der Waals surface area contributed by atoms with Crippen LogP contribution in [0.15, 0.2) is 137 Å². The van der Waals surface area contributed by atoms with E-state index in [-0.39, 0.29) is 67.9 Å². The molecule has 0 spiro atoms. The number of imidazole rings is 2. The molecule has 4 aromatic heterocycles. The minimum Gasteiger partial charge on any atom is -0.457 e. The van der Waals surface area contributed by atoms with E-state index in [1.54, 1.807) is 68.4 Å². The number of nitrogens with zero attached hydrogens (tertiary/aromatic N) is 4. The zero-order valence-electron chi connectivity index (χ0n) is 36.5. The van der Waals surface area contributed by atoms with Gasteiger partial charge in [-0.3, -0.25) is 8.80 Å². The summed E-state index contributed by atoms with van der Waals surface area (Å²) in [5, 5.41) is 0. The lowest BCUT2D eigenvalue weighted by Crippen LogP contribution is -2.13. The van der Waals surface area contributed by atoms with Crippen LogP contribution < -0.4 is 9.47 Å². The van der Waals surface area contributed by atoms with Crippen LogP contribution in [-0.4, -0.2) is 47.6 Å². The summed E-state index contributed by atoms with van der Waals surface area (Å²) >= 11 is 0. The van der Waals surface area contributed by atoms with Gasteiger partial charge in [-0.15, -0.1) is 0 Å². The molecule has 0 aliphatic carbocycles. The number of fused-ring (bicyclic) bond motifs is 2. The highest BCUT2D eigenvalue weighted by Gasteiger charge is 2.37. The van der Waals surface area contributed by atoms with E-state index in [1.165, 1.54) is 69.7 Å². The Morgan fingerprint density at radius 3 is 1.54 bits per heavy atom. The molecule has 4 aromatic carbocycles. The second-order valence-corrected chi connectivity index (χ2v) is 20.7. The predicted molar refractivity (Wildman–Crippen MR) is 241 cm³/mol. The molecule has 0 aliphatic rings. The zero-order chi connectivity index (χ0) is 48.2. The average molecular weight is 961 g/mol. The van der Waals surface area contributed by atoms with E-state index in [2.05, 4.69) is 9.97 Å². The van der Waals surface area contributed by atoms with Crippen molar-refractivity contribution < 1.29 is 52.7 Å². The number of benzene rings is 4. The van der Waals surface area contributed by atoms with Crippen molar-refractivity contribution in [2.75, 3.05) is 12.0 Å². The third kappa shape index (κ3) is 9.77. The molecule has 0 unspecified atom stereocenters. The molecule has 18 heteroatoms. The predicted octanol–water partition coefficient (Wildman–Crippen LogP) is 12.6. The number of sulfone groups is 2. The van der Waals surface area contributed by atoms with Crippen LogP contribution in [0.3, 0.4) is 0 Å². The van der Waals surface area contributed by atoms with Gasteiger partial charge in [-0.25, -0.2) is 26.8 Å². The van der Waals surface area contributed by atoms with Crippen LogP contribution in [-0.2, 0) is 38.4 Å². The molecule has 0 saturated carbocycles. The number of alkyl halides is 6. The Hall–Kier alpha value is -6.66. The normalized spacial score (nSPS) is 12.7. The summed E-state index contributed by atoms with van der Waals surface area (Å²) in [7, 11) is -7.67. The largest absolute Gasteiger partial charge is 0.457 e. The summed E-state index contributed by atoms with van der Waals surface area (Å²) in [6, 6.07) is 27.8. The quantitative estimate of drug-likeness (QED) is 0.105. The van der Waals surface area contributed by atoms with Crippen LogP contribution in [0, 0.1) is 0 Å². The molecule has 0 bridgehead atoms. The number of hydrogen-bond donors (Lipinski definition) is 0. The number of hydrogen-bond acceptors (Lipinski definition) is 8. The molecule has 8 aromatic rings. The maximum Gasteiger partial charge on any atom is 0.419 e. The van der Waals surface area contributed by atoms with Gasteiger partial charge in [0.15, 0.2) is 19.7 Å². The van der Waals surface area contributed by atoms with Gasteiger partial charge in [0, 0.05) is 29.8 Å². The summed E-state index contributed by atoms with van der Waals surface area (Å²) in [5.74, 6) is -0.278. The third-order valence-electron chi connectivity index (χ3n) is 10.9. The van der Waals surface area contributed by atoms with Crippen LogP contribution in [0.5, 0.6) is 23.0 Å². The van der Waals surface area contributed by atoms with Crippen molar-refractivity contribution in [1.29, 1.82) is 0 Å². The van der Waals surface area contributed by atoms with Crippen LogP contribution in [0.4, 0.5) is 26.3 Å². The summed E-state index contributed by atoms with van der Waals surface area (Å²) in [4.78, 5) is 8.74. The zero-order valence-corrected chi connectivity index (χ0v) is 38.1. The highest BCUT2D eigenvalue weighted by Crippen LogP contribution is 2.41. The fourth-order valence-corrected chi connectivity index (χ4v) is 9.78. The fourth-order valence-electron chi connectivity index (χ4n) is 7.81. The van der Waals surface area contributed by atoms with Gasteiger partial charge in [0.05, 0.1) is 49.4 Å². The molecular formula is C49H42F6N4O6S2. The number of rotatable bonds is 13. The molecule has 0 atom stereocenters. The van der Waals surface area contributed by atoms with Gasteiger partial charge in [-0.2, -0.15) is 26.3 Å². The van der Waals surface area contributed by atoms with Gasteiger partial charge in [0.2, 0.25) is 0 Å². The highest BCUT2D eigenvalue weighted by molar-refractivity contribution is 7.91. The highest BCUT2D eigenvalue weighted by atomic mass is 32.2. The van der Waals surface area contributed by atoms with Gasteiger partial charge in [-0.1, -0.05) is 64.1 Å². The van der Waals surface area contributed by atoms with Gasteiger partial charge < -0.3 is 9.47 Å². The van der Waals surface area contributed by atoms with E-state index < -0.39 is 48.9 Å². The first-order chi connectivity index (χ1) is 31.5. The molecule has 8 rings (SSSR count). The third-order valence-corrected chi connectivity index (χ3v) is 13.8. The maximum atomic E-state index is 14.8. The SMILES string of the molecule is CC(C)c1nc2c(C(F)(F)F)cccn2c1-c1cccc(Oc2cccc(S(=O)(=O)CCc3cc(C(F)(F)F)c4nc(C(C)C)c(-c5cccc(Oc6cccc(S(C)(=O)=O)c6)c5)n4c3)c2)c1. The molecule has 0 radical (unpaired) electrons. The molecule has 0 saturated heterocycles. The monoisotopic (exact) mass is 960 g/mol. The number of aryl methyl sites for hydroxylation is 1. The van der Waals surface area contributed by atoms with Crippen molar-refractivity contribution in [2.24, 2.45) is 0 Å². The Bertz CT molecular complexity index is 3420. The Labute approximate surface area is 382 Å². The number of ether oxygens (including phenoxy) is 2. The second-order valence-electron chi connectivity index (χ2n) is 16.6. The van der Waals surface area contributed by atoms with Crippen molar-refractivity contribution >= 4 is 31.0 Å². The van der Waals surface area contributed by atoms with Crippen LogP contribution in [0.2, 0.25) is 0 Å². The first-order valence-electron chi connectivity index (χ1n) is 20.9. The summed E-state index contributed by atoms with van der Waals surface area (Å²) in [5.41, 5.74) is 0.0293. The summed E-state index contributed by atoms with van der Waals surface area (Å²) in [6.45, 7) is 7.22. The maximum absolute atomic E-state index is 14.8. The molecule has 4 heterocycles. The number of aromatic nitrogens is 4. The average Bonchev–Trinajstić information content (AvgIpc) is 3.85. The first kappa shape index (κ1) is 46.9. The van der Waals surface area contributed by atoms with Crippen molar-refractivity contribution in [3.63, 3.8) is 0 Å². The lowest BCUT2D eigenvalue weighted by atomic mass is 10.0. The molecule has 67 heavy (non-hydrogen) atoms. The van der Waals surface area contributed by atoms with Crippen molar-refractivity contribution in [1.82, 2.24) is 18.8 Å². The lowest BCUT2D eigenvalue weighted by Gasteiger charge is -2.14. The van der Waals surface area contributed by atoms with Crippen LogP contribution >= 0.6 is 0 Å². The molecule has 0 aliphatic heterocycles. The van der Waals surface area contributed by atoms with Gasteiger partial charge in [0.1, 0.15) is 34.3 Å². The fraction of sp³-hybridized carbons (Fsp3) is 0.224. The minimum absolute atomic E-state index is 0.0420. The number of halogens is 6. The molecular weight excluding hydrogens is 919 g/mol. The van der Waals surface area contributed by atoms with Gasteiger partial charge in [0.25, 0.3) is 0 Å². The topological polar surface area (TPSA) is 121 Å². The van der Waals surface area contributed by atoms with Crippen molar-refractivity contribution in [2.45, 2.75) is 68.1 Å². The van der Waals surface area contributed by atoms with Crippen LogP contribution in [0.1, 0.15) is 67.6 Å². The van der Waals surface area contributed by atoms with Crippen molar-refractivity contribution in [3.8, 4) is 45.5 Å². The minimum atomic E-state index is -4.86. The Kier molecular flexibility index (Phi) is 12.3. The lowest BCUT2D eigenvalue weighted by molar-refractivity contribution is -0.137. The van der Waals surface area contributed by atoms with E-state index >= 15 is 0 Å². The number of pyridine rings is 2. The Morgan fingerprint density at radius 1 is 0.567 bits per heavy atom. The Morgan fingerprint density at radius 2 is 1.03 bits per heavy atom. The summed E-state index contributed by atoms with van der Waals surface area (Å²) in [6.07, 6.45) is -5.79. The molecule has 0 N–H and O–H groups in total. The van der Waals surface area contributed by atoms with Gasteiger partial charge >= 0.3 is 12.4 Å². The van der Waals surface area contributed by atoms with Crippen molar-refractivity contribution in [3.05, 3.63) is 156 Å². The van der Waals surface area contributed by atoms with E-state index in [4.69, 9.17) is 9.47 Å². The van der Waals surface area contributed by atoms with E-state index in [0.717, 1.165) is 18.4 Å². The standard InChI is InChI=1S/C49H42F6N4O6S2/c1-29(2)42-44(58-21-10-19-40(46(58)56-42)48(50,51)52)32-11-6-13-34(24-32)65-37-16-9-18-39(27-37)67(62,63)22-20-31-23-41(49(53,54)55)47-57-43(30(3)4)45(59(47)28-31)33-12-7-14-35(25-33)64-36-15-8-17-38(26-36)66(5,60)61/h6-19,21,23-30H,20,22H2,1-5H3.